The van der Waals surface area contributed by atoms with E-state index in [1.807, 2.05) is 17.0 Å². The highest BCUT2D eigenvalue weighted by Gasteiger charge is 2.27. The molecular formula is C21H30N2O4. The van der Waals surface area contributed by atoms with Crippen LogP contribution >= 0.6 is 0 Å². The maximum Gasteiger partial charge on any atom is 0.260 e. The van der Waals surface area contributed by atoms with Crippen molar-refractivity contribution >= 4 is 11.8 Å². The number of likely N-dealkylation sites (tertiary alicyclic amines) is 1. The zero-order chi connectivity index (χ0) is 19.1. The molecule has 1 aromatic carbocycles. The molecule has 6 nitrogen and oxygen atoms in total. The van der Waals surface area contributed by atoms with Gasteiger partial charge in [-0.05, 0) is 37.8 Å². The number of nitrogens with one attached hydrogen (secondary N) is 1. The molecule has 0 spiro atoms. The molecule has 1 aromatic rings. The Labute approximate surface area is 161 Å². The minimum atomic E-state index is -0.0297. The highest BCUT2D eigenvalue weighted by Crippen LogP contribution is 2.26. The number of para-hydroxylation sites is 2. The van der Waals surface area contributed by atoms with Gasteiger partial charge in [0.15, 0.2) is 18.1 Å². The summed E-state index contributed by atoms with van der Waals surface area (Å²) >= 11 is 0. The fraction of sp³-hybridized carbons (Fsp3) is 0.619. The normalized spacial score (nSPS) is 18.8. The lowest BCUT2D eigenvalue weighted by molar-refractivity contribution is -0.134. The second-order valence-electron chi connectivity index (χ2n) is 7.44. The van der Waals surface area contributed by atoms with E-state index in [0.29, 0.717) is 24.6 Å². The summed E-state index contributed by atoms with van der Waals surface area (Å²) in [6.45, 7) is 1.31. The Morgan fingerprint density at radius 1 is 1.04 bits per heavy atom. The molecule has 3 rings (SSSR count). The minimum Gasteiger partial charge on any atom is -0.493 e. The first-order valence-corrected chi connectivity index (χ1v) is 10.0. The second kappa shape index (κ2) is 9.62. The average Bonchev–Trinajstić information content (AvgIpc) is 2.73. The number of nitrogens with zero attached hydrogens (tertiary/aromatic N) is 1. The first kappa shape index (κ1) is 19.5. The van der Waals surface area contributed by atoms with Crippen molar-refractivity contribution in [1.82, 2.24) is 10.2 Å². The lowest BCUT2D eigenvalue weighted by Crippen LogP contribution is -2.48. The summed E-state index contributed by atoms with van der Waals surface area (Å²) in [6, 6.07) is 7.49. The number of piperidine rings is 1. The average molecular weight is 374 g/mol. The number of hydrogen-bond donors (Lipinski definition) is 1. The van der Waals surface area contributed by atoms with Gasteiger partial charge in [0.05, 0.1) is 7.11 Å². The molecule has 1 aliphatic carbocycles. The van der Waals surface area contributed by atoms with E-state index in [2.05, 4.69) is 5.32 Å². The predicted molar refractivity (Wildman–Crippen MR) is 103 cm³/mol. The van der Waals surface area contributed by atoms with Crippen LogP contribution in [0.2, 0.25) is 0 Å². The highest BCUT2D eigenvalue weighted by atomic mass is 16.5. The van der Waals surface area contributed by atoms with Gasteiger partial charge in [0.2, 0.25) is 5.91 Å². The molecule has 1 N–H and O–H groups in total. The number of methoxy groups -OCH3 is 1. The fourth-order valence-corrected chi connectivity index (χ4v) is 3.93. The summed E-state index contributed by atoms with van der Waals surface area (Å²) in [5.41, 5.74) is 0. The van der Waals surface area contributed by atoms with Crippen molar-refractivity contribution in [2.75, 3.05) is 26.8 Å². The van der Waals surface area contributed by atoms with Gasteiger partial charge in [0.1, 0.15) is 0 Å². The lowest BCUT2D eigenvalue weighted by atomic mass is 9.88. The molecule has 148 valence electrons. The highest BCUT2D eigenvalue weighted by molar-refractivity contribution is 5.79. The zero-order valence-corrected chi connectivity index (χ0v) is 16.1. The first-order valence-electron chi connectivity index (χ1n) is 10.0. The van der Waals surface area contributed by atoms with Crippen LogP contribution in [0.15, 0.2) is 24.3 Å². The maximum absolute atomic E-state index is 12.4. The number of benzene rings is 1. The van der Waals surface area contributed by atoms with Gasteiger partial charge >= 0.3 is 0 Å². The molecule has 1 heterocycles. The van der Waals surface area contributed by atoms with Gasteiger partial charge in [-0.3, -0.25) is 9.59 Å². The van der Waals surface area contributed by atoms with Crippen LogP contribution in [0.1, 0.15) is 44.9 Å². The molecule has 27 heavy (non-hydrogen) atoms. The Kier molecular flexibility index (Phi) is 6.96. The van der Waals surface area contributed by atoms with Crippen LogP contribution in [-0.4, -0.2) is 49.6 Å². The van der Waals surface area contributed by atoms with E-state index in [1.165, 1.54) is 6.42 Å². The smallest absolute Gasteiger partial charge is 0.260 e. The Bertz CT molecular complexity index is 635. The molecule has 0 radical (unpaired) electrons. The van der Waals surface area contributed by atoms with E-state index in [0.717, 1.165) is 38.5 Å². The molecule has 2 amide bonds. The number of carbonyl (C=O) groups is 2. The van der Waals surface area contributed by atoms with Gasteiger partial charge in [0.25, 0.3) is 5.91 Å². The number of ether oxygens (including phenoxy) is 2. The first-order chi connectivity index (χ1) is 13.2. The Morgan fingerprint density at radius 3 is 2.37 bits per heavy atom. The maximum atomic E-state index is 12.4. The summed E-state index contributed by atoms with van der Waals surface area (Å²) in [5, 5.41) is 3.20. The third kappa shape index (κ3) is 5.37. The van der Waals surface area contributed by atoms with Gasteiger partial charge < -0.3 is 19.7 Å². The van der Waals surface area contributed by atoms with Crippen LogP contribution in [0.25, 0.3) is 0 Å². The molecule has 2 fully saturated rings. The molecule has 1 saturated heterocycles. The standard InChI is InChI=1S/C21H30N2O4/c1-26-18-9-5-6-10-19(18)27-15-20(24)23-13-11-17(12-14-23)22-21(25)16-7-3-2-4-8-16/h5-6,9-10,16-17H,2-4,7-8,11-15H2,1H3,(H,22,25). The van der Waals surface area contributed by atoms with Crippen molar-refractivity contribution in [2.24, 2.45) is 5.92 Å². The van der Waals surface area contributed by atoms with Gasteiger partial charge in [-0.2, -0.15) is 0 Å². The van der Waals surface area contributed by atoms with Crippen molar-refractivity contribution in [1.29, 1.82) is 0 Å². The van der Waals surface area contributed by atoms with E-state index in [1.54, 1.807) is 19.2 Å². The van der Waals surface area contributed by atoms with Crippen molar-refractivity contribution in [3.63, 3.8) is 0 Å². The molecular weight excluding hydrogens is 344 g/mol. The lowest BCUT2D eigenvalue weighted by Gasteiger charge is -2.33. The molecule has 0 aromatic heterocycles. The summed E-state index contributed by atoms with van der Waals surface area (Å²) in [7, 11) is 1.58. The van der Waals surface area contributed by atoms with Crippen LogP contribution in [-0.2, 0) is 9.59 Å². The number of rotatable bonds is 6. The van der Waals surface area contributed by atoms with E-state index in [-0.39, 0.29) is 30.4 Å². The molecule has 0 unspecified atom stereocenters. The van der Waals surface area contributed by atoms with Crippen molar-refractivity contribution in [3.05, 3.63) is 24.3 Å². The molecule has 2 aliphatic rings. The summed E-state index contributed by atoms with van der Waals surface area (Å²) in [4.78, 5) is 26.6. The molecule has 0 atom stereocenters. The van der Waals surface area contributed by atoms with E-state index in [9.17, 15) is 9.59 Å². The third-order valence-electron chi connectivity index (χ3n) is 5.59. The predicted octanol–water partition coefficient (Wildman–Crippen LogP) is 2.76. The summed E-state index contributed by atoms with van der Waals surface area (Å²) in [5.74, 6) is 1.56. The Balaban J connectivity index is 1.40. The van der Waals surface area contributed by atoms with Crippen LogP contribution in [0, 0.1) is 5.92 Å². The van der Waals surface area contributed by atoms with Gasteiger partial charge in [-0.25, -0.2) is 0 Å². The molecule has 1 saturated carbocycles. The third-order valence-corrected chi connectivity index (χ3v) is 5.59. The van der Waals surface area contributed by atoms with Crippen LogP contribution in [0.3, 0.4) is 0 Å². The SMILES string of the molecule is COc1ccccc1OCC(=O)N1CCC(NC(=O)C2CCCCC2)CC1. The van der Waals surface area contributed by atoms with Gasteiger partial charge in [-0.1, -0.05) is 31.4 Å². The summed E-state index contributed by atoms with van der Waals surface area (Å²) in [6.07, 6.45) is 7.22. The number of carbonyl (C=O) groups excluding carboxylic acids is 2. The van der Waals surface area contributed by atoms with Gasteiger partial charge in [-0.15, -0.1) is 0 Å². The topological polar surface area (TPSA) is 67.9 Å². The molecule has 1 aliphatic heterocycles. The Hall–Kier alpha value is -2.24. The Morgan fingerprint density at radius 2 is 1.70 bits per heavy atom. The quantitative estimate of drug-likeness (QED) is 0.831. The monoisotopic (exact) mass is 374 g/mol. The molecule has 6 heteroatoms. The fourth-order valence-electron chi connectivity index (χ4n) is 3.93. The van der Waals surface area contributed by atoms with Crippen molar-refractivity contribution in [3.8, 4) is 11.5 Å². The van der Waals surface area contributed by atoms with Crippen molar-refractivity contribution in [2.45, 2.75) is 51.0 Å². The molecule has 0 bridgehead atoms. The van der Waals surface area contributed by atoms with Crippen LogP contribution in [0.4, 0.5) is 0 Å². The van der Waals surface area contributed by atoms with Crippen LogP contribution < -0.4 is 14.8 Å². The van der Waals surface area contributed by atoms with Crippen molar-refractivity contribution < 1.29 is 19.1 Å². The summed E-state index contributed by atoms with van der Waals surface area (Å²) < 4.78 is 10.9. The van der Waals surface area contributed by atoms with E-state index >= 15 is 0 Å². The number of amides is 2. The number of hydrogen-bond acceptors (Lipinski definition) is 4. The van der Waals surface area contributed by atoms with Crippen LogP contribution in [0.5, 0.6) is 11.5 Å². The zero-order valence-electron chi connectivity index (χ0n) is 16.1. The van der Waals surface area contributed by atoms with E-state index < -0.39 is 0 Å². The van der Waals surface area contributed by atoms with E-state index in [4.69, 9.17) is 9.47 Å². The largest absolute Gasteiger partial charge is 0.493 e. The second-order valence-corrected chi connectivity index (χ2v) is 7.44. The van der Waals surface area contributed by atoms with Gasteiger partial charge in [0, 0.05) is 25.0 Å². The minimum absolute atomic E-state index is 0.000523.